The van der Waals surface area contributed by atoms with Crippen LogP contribution in [0.5, 0.6) is 5.75 Å². The van der Waals surface area contributed by atoms with E-state index in [-0.39, 0.29) is 12.8 Å². The van der Waals surface area contributed by atoms with Gasteiger partial charge in [-0.15, -0.1) is 0 Å². The van der Waals surface area contributed by atoms with Gasteiger partial charge >= 0.3 is 11.9 Å². The van der Waals surface area contributed by atoms with Crippen molar-refractivity contribution in [2.75, 3.05) is 0 Å². The van der Waals surface area contributed by atoms with Crippen molar-refractivity contribution in [3.05, 3.63) is 28.8 Å². The maximum atomic E-state index is 11.4. The number of hydrogen-bond acceptors (Lipinski definition) is 3. The second-order valence-electron chi connectivity index (χ2n) is 4.10. The van der Waals surface area contributed by atoms with Crippen LogP contribution in [0.3, 0.4) is 0 Å². The van der Waals surface area contributed by atoms with Crippen molar-refractivity contribution in [2.45, 2.75) is 33.6 Å². The fourth-order valence-corrected chi connectivity index (χ4v) is 1.70. The second kappa shape index (κ2) is 5.48. The fraction of sp³-hybridized carbons (Fsp3) is 0.385. The molecule has 0 aromatic heterocycles. The van der Waals surface area contributed by atoms with E-state index in [2.05, 4.69) is 0 Å². The molecule has 0 spiro atoms. The summed E-state index contributed by atoms with van der Waals surface area (Å²) in [5.74, 6) is -0.979. The third kappa shape index (κ3) is 3.90. The molecular formula is C13H16O4. The number of aryl methyl sites for hydroxylation is 3. The van der Waals surface area contributed by atoms with Crippen molar-refractivity contribution < 1.29 is 19.4 Å². The molecule has 4 heteroatoms. The molecule has 1 rings (SSSR count). The number of carbonyl (C=O) groups excluding carboxylic acids is 1. The van der Waals surface area contributed by atoms with Crippen molar-refractivity contribution in [3.8, 4) is 5.75 Å². The summed E-state index contributed by atoms with van der Waals surface area (Å²) >= 11 is 0. The fourth-order valence-electron chi connectivity index (χ4n) is 1.70. The first-order valence-electron chi connectivity index (χ1n) is 5.40. The summed E-state index contributed by atoms with van der Waals surface area (Å²) < 4.78 is 5.18. The van der Waals surface area contributed by atoms with Crippen molar-refractivity contribution in [1.29, 1.82) is 0 Å². The predicted octanol–water partition coefficient (Wildman–Crippen LogP) is 2.38. The van der Waals surface area contributed by atoms with E-state index in [1.54, 1.807) is 0 Å². The van der Waals surface area contributed by atoms with Crippen molar-refractivity contribution in [3.63, 3.8) is 0 Å². The van der Waals surface area contributed by atoms with Crippen LogP contribution in [-0.4, -0.2) is 17.0 Å². The average molecular weight is 236 g/mol. The zero-order valence-electron chi connectivity index (χ0n) is 10.2. The van der Waals surface area contributed by atoms with E-state index < -0.39 is 11.9 Å². The SMILES string of the molecule is Cc1cc(C)c(OC(=O)CCC(=O)O)c(C)c1. The number of carbonyl (C=O) groups is 2. The van der Waals surface area contributed by atoms with Gasteiger partial charge in [0.05, 0.1) is 12.8 Å². The van der Waals surface area contributed by atoms with Gasteiger partial charge in [-0.05, 0) is 31.9 Å². The van der Waals surface area contributed by atoms with E-state index in [0.29, 0.717) is 5.75 Å². The monoisotopic (exact) mass is 236 g/mol. The number of carboxylic acids is 1. The van der Waals surface area contributed by atoms with Gasteiger partial charge < -0.3 is 9.84 Å². The summed E-state index contributed by atoms with van der Waals surface area (Å²) in [6.07, 6.45) is -0.315. The lowest BCUT2D eigenvalue weighted by Crippen LogP contribution is -2.11. The van der Waals surface area contributed by atoms with Crippen LogP contribution < -0.4 is 4.74 Å². The molecule has 0 radical (unpaired) electrons. The van der Waals surface area contributed by atoms with Gasteiger partial charge in [0, 0.05) is 0 Å². The Balaban J connectivity index is 2.75. The lowest BCUT2D eigenvalue weighted by Gasteiger charge is -2.11. The Morgan fingerprint density at radius 3 is 2.12 bits per heavy atom. The van der Waals surface area contributed by atoms with Crippen molar-refractivity contribution in [2.24, 2.45) is 0 Å². The molecule has 0 heterocycles. The van der Waals surface area contributed by atoms with Crippen molar-refractivity contribution in [1.82, 2.24) is 0 Å². The quantitative estimate of drug-likeness (QED) is 0.644. The van der Waals surface area contributed by atoms with Crippen LogP contribution in [0.25, 0.3) is 0 Å². The minimum Gasteiger partial charge on any atom is -0.481 e. The predicted molar refractivity (Wildman–Crippen MR) is 63.2 cm³/mol. The summed E-state index contributed by atoms with van der Waals surface area (Å²) in [5, 5.41) is 8.47. The van der Waals surface area contributed by atoms with E-state index in [1.165, 1.54) is 0 Å². The number of rotatable bonds is 4. The summed E-state index contributed by atoms with van der Waals surface area (Å²) in [5.41, 5.74) is 2.86. The van der Waals surface area contributed by atoms with Gasteiger partial charge in [0.25, 0.3) is 0 Å². The molecule has 92 valence electrons. The number of benzene rings is 1. The van der Waals surface area contributed by atoms with Gasteiger partial charge in [-0.2, -0.15) is 0 Å². The van der Waals surface area contributed by atoms with Gasteiger partial charge in [-0.25, -0.2) is 0 Å². The van der Waals surface area contributed by atoms with Crippen LogP contribution in [0, 0.1) is 20.8 Å². The van der Waals surface area contributed by atoms with Gasteiger partial charge in [0.2, 0.25) is 0 Å². The molecule has 0 unspecified atom stereocenters. The van der Waals surface area contributed by atoms with Gasteiger partial charge in [0.1, 0.15) is 5.75 Å². The van der Waals surface area contributed by atoms with Crippen LogP contribution >= 0.6 is 0 Å². The minimum absolute atomic E-state index is 0.109. The number of aliphatic carboxylic acids is 1. The van der Waals surface area contributed by atoms with Crippen LogP contribution in [-0.2, 0) is 9.59 Å². The Bertz CT molecular complexity index is 426. The molecule has 4 nitrogen and oxygen atoms in total. The van der Waals surface area contributed by atoms with E-state index in [4.69, 9.17) is 9.84 Å². The number of carboxylic acid groups (broad SMARTS) is 1. The molecule has 0 amide bonds. The second-order valence-corrected chi connectivity index (χ2v) is 4.10. The van der Waals surface area contributed by atoms with Gasteiger partial charge in [-0.1, -0.05) is 17.7 Å². The molecule has 0 aliphatic heterocycles. The third-order valence-electron chi connectivity index (χ3n) is 2.36. The van der Waals surface area contributed by atoms with Crippen LogP contribution in [0.1, 0.15) is 29.5 Å². The number of ether oxygens (including phenoxy) is 1. The highest BCUT2D eigenvalue weighted by molar-refractivity contribution is 5.78. The zero-order chi connectivity index (χ0) is 13.0. The Morgan fingerprint density at radius 2 is 1.65 bits per heavy atom. The molecule has 0 saturated carbocycles. The zero-order valence-corrected chi connectivity index (χ0v) is 10.2. The van der Waals surface area contributed by atoms with Crippen LogP contribution in [0.2, 0.25) is 0 Å². The van der Waals surface area contributed by atoms with E-state index in [9.17, 15) is 9.59 Å². The molecule has 0 aliphatic rings. The lowest BCUT2D eigenvalue weighted by molar-refractivity contribution is -0.142. The molecule has 0 aliphatic carbocycles. The first-order valence-corrected chi connectivity index (χ1v) is 5.40. The molecule has 0 atom stereocenters. The largest absolute Gasteiger partial charge is 0.481 e. The third-order valence-corrected chi connectivity index (χ3v) is 2.36. The molecule has 1 N–H and O–H groups in total. The molecule has 17 heavy (non-hydrogen) atoms. The molecule has 1 aromatic rings. The Kier molecular flexibility index (Phi) is 4.26. The Hall–Kier alpha value is -1.84. The first kappa shape index (κ1) is 13.2. The van der Waals surface area contributed by atoms with E-state index >= 15 is 0 Å². The normalized spacial score (nSPS) is 10.1. The Labute approximate surface area is 100 Å². The van der Waals surface area contributed by atoms with Gasteiger partial charge in [0.15, 0.2) is 0 Å². The molecule has 0 saturated heterocycles. The lowest BCUT2D eigenvalue weighted by atomic mass is 10.1. The number of hydrogen-bond donors (Lipinski definition) is 1. The number of esters is 1. The topological polar surface area (TPSA) is 63.6 Å². The van der Waals surface area contributed by atoms with Crippen molar-refractivity contribution >= 4 is 11.9 Å². The smallest absolute Gasteiger partial charge is 0.311 e. The molecule has 0 fully saturated rings. The van der Waals surface area contributed by atoms with E-state index in [0.717, 1.165) is 16.7 Å². The first-order chi connectivity index (χ1) is 7.90. The summed E-state index contributed by atoms with van der Waals surface area (Å²) in [6.45, 7) is 5.69. The maximum Gasteiger partial charge on any atom is 0.311 e. The van der Waals surface area contributed by atoms with Crippen LogP contribution in [0.15, 0.2) is 12.1 Å². The van der Waals surface area contributed by atoms with Gasteiger partial charge in [-0.3, -0.25) is 9.59 Å². The van der Waals surface area contributed by atoms with E-state index in [1.807, 2.05) is 32.9 Å². The highest BCUT2D eigenvalue weighted by Crippen LogP contribution is 2.24. The summed E-state index contributed by atoms with van der Waals surface area (Å²) in [4.78, 5) is 21.7. The summed E-state index contributed by atoms with van der Waals surface area (Å²) in [6, 6.07) is 3.85. The summed E-state index contributed by atoms with van der Waals surface area (Å²) in [7, 11) is 0. The minimum atomic E-state index is -1.00. The Morgan fingerprint density at radius 1 is 1.12 bits per heavy atom. The maximum absolute atomic E-state index is 11.4. The highest BCUT2D eigenvalue weighted by Gasteiger charge is 2.11. The molecular weight excluding hydrogens is 220 g/mol. The standard InChI is InChI=1S/C13H16O4/c1-8-6-9(2)13(10(3)7-8)17-12(16)5-4-11(14)15/h6-7H,4-5H2,1-3H3,(H,14,15). The molecule has 1 aromatic carbocycles. The average Bonchev–Trinajstić information content (AvgIpc) is 2.20. The molecule has 0 bridgehead atoms. The highest BCUT2D eigenvalue weighted by atomic mass is 16.5. The van der Waals surface area contributed by atoms with Crippen LogP contribution in [0.4, 0.5) is 0 Å².